The number of aromatic amines is 1. The summed E-state index contributed by atoms with van der Waals surface area (Å²) in [7, 11) is 0. The van der Waals surface area contributed by atoms with Gasteiger partial charge in [-0.3, -0.25) is 4.90 Å². The lowest BCUT2D eigenvalue weighted by atomic mass is 10.2. The molecule has 0 spiro atoms. The smallest absolute Gasteiger partial charge is 0.246 e. The summed E-state index contributed by atoms with van der Waals surface area (Å²) in [6.45, 7) is 5.62. The number of nitrogens with one attached hydrogen (secondary N) is 3. The molecule has 8 nitrogen and oxygen atoms in total. The van der Waals surface area contributed by atoms with Crippen LogP contribution in [-0.4, -0.2) is 65.5 Å². The Morgan fingerprint density at radius 3 is 2.89 bits per heavy atom. The van der Waals surface area contributed by atoms with Crippen molar-refractivity contribution in [1.82, 2.24) is 19.9 Å². The average Bonchev–Trinajstić information content (AvgIpc) is 3.25. The molecule has 2 aromatic heterocycles. The molecular weight excluding hydrogens is 354 g/mol. The molecule has 3 N–H and O–H groups in total. The maximum Gasteiger partial charge on any atom is 0.246 e. The second-order valence-corrected chi connectivity index (χ2v) is 6.64. The van der Waals surface area contributed by atoms with Crippen LogP contribution in [0.25, 0.3) is 10.9 Å². The van der Waals surface area contributed by atoms with Gasteiger partial charge in [0.05, 0.1) is 30.6 Å². The molecule has 0 unspecified atom stereocenters. The van der Waals surface area contributed by atoms with E-state index in [-0.39, 0.29) is 0 Å². The van der Waals surface area contributed by atoms with Crippen molar-refractivity contribution < 1.29 is 4.74 Å². The molecule has 0 amide bonds. The van der Waals surface area contributed by atoms with E-state index in [2.05, 4.69) is 35.7 Å². The van der Waals surface area contributed by atoms with Crippen LogP contribution >= 0.6 is 0 Å². The van der Waals surface area contributed by atoms with Gasteiger partial charge in [-0.05, 0) is 37.2 Å². The Labute approximate surface area is 164 Å². The van der Waals surface area contributed by atoms with Crippen LogP contribution in [0.3, 0.4) is 0 Å². The first kappa shape index (κ1) is 18.4. The minimum Gasteiger partial charge on any atom is -0.379 e. The summed E-state index contributed by atoms with van der Waals surface area (Å²) in [6, 6.07) is 11.9. The molecule has 1 aliphatic heterocycles. The number of nitrogens with zero attached hydrogens (tertiary/aromatic N) is 4. The molecule has 146 valence electrons. The fraction of sp³-hybridized carbons (Fsp3) is 0.350. The number of hydrogen-bond donors (Lipinski definition) is 3. The van der Waals surface area contributed by atoms with Crippen molar-refractivity contribution in [2.24, 2.45) is 5.10 Å². The highest BCUT2D eigenvalue weighted by molar-refractivity contribution is 5.90. The van der Waals surface area contributed by atoms with Crippen LogP contribution in [0.5, 0.6) is 0 Å². The summed E-state index contributed by atoms with van der Waals surface area (Å²) < 4.78 is 5.40. The number of ether oxygens (including phenoxy) is 1. The number of hydrogen-bond acceptors (Lipinski definition) is 7. The van der Waals surface area contributed by atoms with Crippen LogP contribution in [0.2, 0.25) is 0 Å². The number of benzene rings is 1. The van der Waals surface area contributed by atoms with Crippen molar-refractivity contribution in [3.05, 3.63) is 48.3 Å². The lowest BCUT2D eigenvalue weighted by Gasteiger charge is -2.26. The first-order chi connectivity index (χ1) is 13.9. The van der Waals surface area contributed by atoms with Crippen LogP contribution in [-0.2, 0) is 4.74 Å². The molecule has 0 bridgehead atoms. The molecule has 3 heterocycles. The molecule has 1 fully saturated rings. The zero-order valence-electron chi connectivity index (χ0n) is 15.8. The molecule has 0 atom stereocenters. The number of anilines is 2. The molecule has 4 rings (SSSR count). The summed E-state index contributed by atoms with van der Waals surface area (Å²) in [5, 5.41) is 8.68. The number of fused-ring (bicyclic) bond motifs is 1. The fourth-order valence-corrected chi connectivity index (χ4v) is 3.18. The predicted molar refractivity (Wildman–Crippen MR) is 112 cm³/mol. The van der Waals surface area contributed by atoms with Gasteiger partial charge in [0.1, 0.15) is 5.82 Å². The quantitative estimate of drug-likeness (QED) is 0.317. The SMILES string of the molecule is C(=N\Nc1nc(NCCCN2CCOCC2)c2ccccc2n1)/c1ccc[nH]1. The largest absolute Gasteiger partial charge is 0.379 e. The molecule has 1 aromatic carbocycles. The summed E-state index contributed by atoms with van der Waals surface area (Å²) >= 11 is 0. The summed E-state index contributed by atoms with van der Waals surface area (Å²) in [4.78, 5) is 14.7. The molecule has 0 radical (unpaired) electrons. The summed E-state index contributed by atoms with van der Waals surface area (Å²) in [6.07, 6.45) is 4.60. The molecular formula is C20H25N7O. The highest BCUT2D eigenvalue weighted by atomic mass is 16.5. The zero-order chi connectivity index (χ0) is 19.0. The van der Waals surface area contributed by atoms with E-state index in [4.69, 9.17) is 4.74 Å². The van der Waals surface area contributed by atoms with Gasteiger partial charge in [-0.1, -0.05) is 12.1 Å². The predicted octanol–water partition coefficient (Wildman–Crippen LogP) is 2.54. The normalized spacial score (nSPS) is 15.3. The van der Waals surface area contributed by atoms with Gasteiger partial charge in [-0.25, -0.2) is 10.4 Å². The van der Waals surface area contributed by atoms with E-state index in [9.17, 15) is 0 Å². The Morgan fingerprint density at radius 1 is 1.14 bits per heavy atom. The standard InChI is InChI=1S/C20H25N7O/c1-2-7-18-17(6-1)19(22-9-4-10-27-11-13-28-14-12-27)25-20(24-18)26-23-15-16-5-3-8-21-16/h1-3,5-8,15,21H,4,9-14H2,(H2,22,24,25,26)/b23-15+. The number of H-pyrrole nitrogens is 1. The minimum atomic E-state index is 0.470. The van der Waals surface area contributed by atoms with Crippen LogP contribution in [0.1, 0.15) is 12.1 Å². The van der Waals surface area contributed by atoms with Gasteiger partial charge in [0, 0.05) is 31.2 Å². The van der Waals surface area contributed by atoms with Gasteiger partial charge in [0.2, 0.25) is 5.95 Å². The van der Waals surface area contributed by atoms with Crippen molar-refractivity contribution in [2.75, 3.05) is 50.1 Å². The highest BCUT2D eigenvalue weighted by Crippen LogP contribution is 2.21. The van der Waals surface area contributed by atoms with Gasteiger partial charge in [-0.15, -0.1) is 0 Å². The topological polar surface area (TPSA) is 90.5 Å². The lowest BCUT2D eigenvalue weighted by molar-refractivity contribution is 0.0378. The summed E-state index contributed by atoms with van der Waals surface area (Å²) in [5.74, 6) is 1.29. The molecule has 1 saturated heterocycles. The summed E-state index contributed by atoms with van der Waals surface area (Å²) in [5.41, 5.74) is 4.71. The van der Waals surface area contributed by atoms with Gasteiger partial charge < -0.3 is 15.0 Å². The van der Waals surface area contributed by atoms with E-state index in [0.717, 1.165) is 68.2 Å². The minimum absolute atomic E-state index is 0.470. The van der Waals surface area contributed by atoms with Crippen LogP contribution in [0, 0.1) is 0 Å². The first-order valence-corrected chi connectivity index (χ1v) is 9.62. The monoisotopic (exact) mass is 379 g/mol. The fourth-order valence-electron chi connectivity index (χ4n) is 3.18. The zero-order valence-corrected chi connectivity index (χ0v) is 15.8. The third kappa shape index (κ3) is 4.85. The van der Waals surface area contributed by atoms with Crippen LogP contribution in [0.4, 0.5) is 11.8 Å². The second-order valence-electron chi connectivity index (χ2n) is 6.64. The maximum atomic E-state index is 5.40. The van der Waals surface area contributed by atoms with Crippen molar-refractivity contribution >= 4 is 28.9 Å². The van der Waals surface area contributed by atoms with E-state index in [1.807, 2.05) is 42.6 Å². The molecule has 1 aliphatic rings. The Bertz CT molecular complexity index is 904. The van der Waals surface area contributed by atoms with Crippen molar-refractivity contribution in [3.63, 3.8) is 0 Å². The van der Waals surface area contributed by atoms with E-state index < -0.39 is 0 Å². The van der Waals surface area contributed by atoms with Gasteiger partial charge in [-0.2, -0.15) is 10.1 Å². The van der Waals surface area contributed by atoms with E-state index >= 15 is 0 Å². The number of aromatic nitrogens is 3. The molecule has 0 aliphatic carbocycles. The number of rotatable bonds is 8. The van der Waals surface area contributed by atoms with Crippen molar-refractivity contribution in [3.8, 4) is 0 Å². The molecule has 0 saturated carbocycles. The van der Waals surface area contributed by atoms with Crippen molar-refractivity contribution in [2.45, 2.75) is 6.42 Å². The van der Waals surface area contributed by atoms with E-state index in [1.165, 1.54) is 0 Å². The number of morpholine rings is 1. The average molecular weight is 379 g/mol. The van der Waals surface area contributed by atoms with Crippen LogP contribution < -0.4 is 10.7 Å². The van der Waals surface area contributed by atoms with E-state index in [1.54, 1.807) is 6.21 Å². The maximum absolute atomic E-state index is 5.40. The Hall–Kier alpha value is -2.97. The molecule has 3 aromatic rings. The second kappa shape index (κ2) is 9.29. The number of hydrazone groups is 1. The van der Waals surface area contributed by atoms with Crippen LogP contribution in [0.15, 0.2) is 47.7 Å². The Morgan fingerprint density at radius 2 is 2.04 bits per heavy atom. The third-order valence-electron chi connectivity index (χ3n) is 4.64. The molecule has 8 heteroatoms. The van der Waals surface area contributed by atoms with Gasteiger partial charge in [0.25, 0.3) is 0 Å². The van der Waals surface area contributed by atoms with Gasteiger partial charge >= 0.3 is 0 Å². The number of para-hydroxylation sites is 1. The lowest BCUT2D eigenvalue weighted by Crippen LogP contribution is -2.37. The van der Waals surface area contributed by atoms with Crippen molar-refractivity contribution in [1.29, 1.82) is 0 Å². The van der Waals surface area contributed by atoms with E-state index in [0.29, 0.717) is 5.95 Å². The first-order valence-electron chi connectivity index (χ1n) is 9.62. The Balaban J connectivity index is 1.40. The molecule has 28 heavy (non-hydrogen) atoms. The third-order valence-corrected chi connectivity index (χ3v) is 4.64. The Kier molecular flexibility index (Phi) is 6.11. The van der Waals surface area contributed by atoms with Gasteiger partial charge in [0.15, 0.2) is 0 Å². The highest BCUT2D eigenvalue weighted by Gasteiger charge is 2.10.